The fourth-order valence-corrected chi connectivity index (χ4v) is 3.00. The highest BCUT2D eigenvalue weighted by Crippen LogP contribution is 2.27. The Morgan fingerprint density at radius 3 is 2.61 bits per heavy atom. The van der Waals surface area contributed by atoms with Crippen LogP contribution in [0.2, 0.25) is 5.02 Å². The van der Waals surface area contributed by atoms with Crippen molar-refractivity contribution in [2.75, 3.05) is 31.1 Å². The van der Waals surface area contributed by atoms with Gasteiger partial charge in [-0.15, -0.1) is 0 Å². The lowest BCUT2D eigenvalue weighted by atomic mass is 10.2. The standard InChI is InChI=1S/C16H16ClN5O/c1-20-11-13(10-19-20)16(23)22-6-4-21(5-7-22)15-3-2-12(9-18)8-14(15)17/h2-3,8,10-11H,4-7H2,1H3. The first kappa shape index (κ1) is 15.4. The second-order valence-corrected chi connectivity index (χ2v) is 5.87. The minimum absolute atomic E-state index is 0.00340. The number of hydrogen-bond donors (Lipinski definition) is 0. The highest BCUT2D eigenvalue weighted by molar-refractivity contribution is 6.33. The molecule has 0 spiro atoms. The number of benzene rings is 1. The van der Waals surface area contributed by atoms with Gasteiger partial charge in [0.15, 0.2) is 0 Å². The zero-order chi connectivity index (χ0) is 16.4. The lowest BCUT2D eigenvalue weighted by molar-refractivity contribution is 0.0746. The Morgan fingerprint density at radius 1 is 1.30 bits per heavy atom. The van der Waals surface area contributed by atoms with Crippen molar-refractivity contribution in [2.45, 2.75) is 0 Å². The molecule has 1 aliphatic heterocycles. The third-order valence-electron chi connectivity index (χ3n) is 3.94. The van der Waals surface area contributed by atoms with Gasteiger partial charge in [-0.3, -0.25) is 9.48 Å². The van der Waals surface area contributed by atoms with Crippen molar-refractivity contribution < 1.29 is 4.79 Å². The zero-order valence-corrected chi connectivity index (χ0v) is 13.5. The third kappa shape index (κ3) is 3.15. The number of anilines is 1. The summed E-state index contributed by atoms with van der Waals surface area (Å²) in [5.41, 5.74) is 2.06. The van der Waals surface area contributed by atoms with Crippen LogP contribution in [-0.2, 0) is 7.05 Å². The third-order valence-corrected chi connectivity index (χ3v) is 4.24. The first-order chi connectivity index (χ1) is 11.1. The van der Waals surface area contributed by atoms with Crippen LogP contribution in [0, 0.1) is 11.3 Å². The van der Waals surface area contributed by atoms with E-state index in [9.17, 15) is 4.79 Å². The first-order valence-corrected chi connectivity index (χ1v) is 7.69. The van der Waals surface area contributed by atoms with Crippen LogP contribution in [0.25, 0.3) is 0 Å². The summed E-state index contributed by atoms with van der Waals surface area (Å²) >= 11 is 6.25. The molecule has 6 nitrogen and oxygen atoms in total. The van der Waals surface area contributed by atoms with Crippen LogP contribution >= 0.6 is 11.6 Å². The summed E-state index contributed by atoms with van der Waals surface area (Å²) in [6.45, 7) is 2.67. The second-order valence-electron chi connectivity index (χ2n) is 5.46. The smallest absolute Gasteiger partial charge is 0.257 e. The van der Waals surface area contributed by atoms with E-state index in [1.54, 1.807) is 36.3 Å². The van der Waals surface area contributed by atoms with Crippen LogP contribution in [0.1, 0.15) is 15.9 Å². The van der Waals surface area contributed by atoms with Gasteiger partial charge < -0.3 is 9.80 Å². The predicted octanol–water partition coefficient (Wildman–Crippen LogP) is 1.91. The lowest BCUT2D eigenvalue weighted by Gasteiger charge is -2.36. The van der Waals surface area contributed by atoms with Crippen molar-refractivity contribution in [1.29, 1.82) is 5.26 Å². The number of carbonyl (C=O) groups excluding carboxylic acids is 1. The topological polar surface area (TPSA) is 65.2 Å². The Kier molecular flexibility index (Phi) is 4.22. The molecular formula is C16H16ClN5O. The summed E-state index contributed by atoms with van der Waals surface area (Å²) in [4.78, 5) is 16.4. The van der Waals surface area contributed by atoms with E-state index in [1.807, 2.05) is 11.0 Å². The summed E-state index contributed by atoms with van der Waals surface area (Å²) in [6.07, 6.45) is 3.32. The maximum Gasteiger partial charge on any atom is 0.257 e. The van der Waals surface area contributed by atoms with Gasteiger partial charge in [0.1, 0.15) is 0 Å². The summed E-state index contributed by atoms with van der Waals surface area (Å²) in [5.74, 6) is 0.00340. The number of amides is 1. The fraction of sp³-hybridized carbons (Fsp3) is 0.312. The van der Waals surface area contributed by atoms with E-state index in [4.69, 9.17) is 16.9 Å². The molecule has 1 amide bonds. The van der Waals surface area contributed by atoms with Crippen LogP contribution in [-0.4, -0.2) is 46.8 Å². The SMILES string of the molecule is Cn1cc(C(=O)N2CCN(c3ccc(C#N)cc3Cl)CC2)cn1. The molecular weight excluding hydrogens is 314 g/mol. The van der Waals surface area contributed by atoms with E-state index in [-0.39, 0.29) is 5.91 Å². The quantitative estimate of drug-likeness (QED) is 0.844. The van der Waals surface area contributed by atoms with E-state index in [0.717, 1.165) is 5.69 Å². The van der Waals surface area contributed by atoms with Crippen molar-refractivity contribution in [1.82, 2.24) is 14.7 Å². The van der Waals surface area contributed by atoms with E-state index in [1.165, 1.54) is 0 Å². The second kappa shape index (κ2) is 6.31. The summed E-state index contributed by atoms with van der Waals surface area (Å²) in [7, 11) is 1.79. The molecule has 0 atom stereocenters. The average molecular weight is 330 g/mol. The molecule has 0 N–H and O–H groups in total. The average Bonchev–Trinajstić information content (AvgIpc) is 3.00. The Bertz CT molecular complexity index is 771. The molecule has 0 bridgehead atoms. The van der Waals surface area contributed by atoms with Gasteiger partial charge in [0.05, 0.1) is 34.1 Å². The Labute approximate surface area is 139 Å². The minimum Gasteiger partial charge on any atom is -0.367 e. The number of aryl methyl sites for hydroxylation is 1. The molecule has 118 valence electrons. The van der Waals surface area contributed by atoms with Crippen LogP contribution in [0.4, 0.5) is 5.69 Å². The molecule has 1 aromatic carbocycles. The van der Waals surface area contributed by atoms with Crippen LogP contribution in [0.15, 0.2) is 30.6 Å². The van der Waals surface area contributed by atoms with Gasteiger partial charge in [-0.25, -0.2) is 0 Å². The Morgan fingerprint density at radius 2 is 2.04 bits per heavy atom. The van der Waals surface area contributed by atoms with E-state index >= 15 is 0 Å². The predicted molar refractivity (Wildman–Crippen MR) is 87.5 cm³/mol. The number of carbonyl (C=O) groups is 1. The molecule has 1 aliphatic rings. The number of aromatic nitrogens is 2. The van der Waals surface area contributed by atoms with Crippen molar-refractivity contribution in [3.8, 4) is 6.07 Å². The molecule has 1 fully saturated rings. The molecule has 0 aliphatic carbocycles. The van der Waals surface area contributed by atoms with E-state index < -0.39 is 0 Å². The molecule has 0 saturated carbocycles. The number of nitriles is 1. The number of rotatable bonds is 2. The number of nitrogens with zero attached hydrogens (tertiary/aromatic N) is 5. The number of hydrogen-bond acceptors (Lipinski definition) is 4. The Hall–Kier alpha value is -2.52. The molecule has 0 unspecified atom stereocenters. The van der Waals surface area contributed by atoms with Gasteiger partial charge in [-0.2, -0.15) is 10.4 Å². The van der Waals surface area contributed by atoms with Gasteiger partial charge in [0, 0.05) is 39.4 Å². The van der Waals surface area contributed by atoms with E-state index in [2.05, 4.69) is 16.1 Å². The van der Waals surface area contributed by atoms with Crippen LogP contribution in [0.3, 0.4) is 0 Å². The minimum atomic E-state index is 0.00340. The largest absolute Gasteiger partial charge is 0.367 e. The molecule has 3 rings (SSSR count). The summed E-state index contributed by atoms with van der Waals surface area (Å²) < 4.78 is 1.63. The monoisotopic (exact) mass is 329 g/mol. The first-order valence-electron chi connectivity index (χ1n) is 7.31. The number of halogens is 1. The molecule has 23 heavy (non-hydrogen) atoms. The molecule has 1 saturated heterocycles. The van der Waals surface area contributed by atoms with Gasteiger partial charge in [-0.05, 0) is 18.2 Å². The fourth-order valence-electron chi connectivity index (χ4n) is 2.70. The van der Waals surface area contributed by atoms with Crippen molar-refractivity contribution in [2.24, 2.45) is 7.05 Å². The van der Waals surface area contributed by atoms with E-state index in [0.29, 0.717) is 42.3 Å². The zero-order valence-electron chi connectivity index (χ0n) is 12.7. The highest BCUT2D eigenvalue weighted by atomic mass is 35.5. The maximum atomic E-state index is 12.4. The summed E-state index contributed by atoms with van der Waals surface area (Å²) in [5, 5.41) is 13.5. The summed E-state index contributed by atoms with van der Waals surface area (Å²) in [6, 6.07) is 7.37. The molecule has 1 aromatic heterocycles. The van der Waals surface area contributed by atoms with Crippen LogP contribution in [0.5, 0.6) is 0 Å². The van der Waals surface area contributed by atoms with Gasteiger partial charge in [-0.1, -0.05) is 11.6 Å². The van der Waals surface area contributed by atoms with Gasteiger partial charge >= 0.3 is 0 Å². The molecule has 2 heterocycles. The molecule has 2 aromatic rings. The maximum absolute atomic E-state index is 12.4. The number of piperazine rings is 1. The molecule has 7 heteroatoms. The normalized spacial score (nSPS) is 14.7. The lowest BCUT2D eigenvalue weighted by Crippen LogP contribution is -2.48. The van der Waals surface area contributed by atoms with Crippen LogP contribution < -0.4 is 4.90 Å². The molecule has 0 radical (unpaired) electrons. The van der Waals surface area contributed by atoms with Gasteiger partial charge in [0.2, 0.25) is 0 Å². The van der Waals surface area contributed by atoms with Crippen molar-refractivity contribution >= 4 is 23.2 Å². The highest BCUT2D eigenvalue weighted by Gasteiger charge is 2.24. The van der Waals surface area contributed by atoms with Crippen molar-refractivity contribution in [3.05, 3.63) is 46.7 Å². The van der Waals surface area contributed by atoms with Crippen molar-refractivity contribution in [3.63, 3.8) is 0 Å². The van der Waals surface area contributed by atoms with Gasteiger partial charge in [0.25, 0.3) is 5.91 Å². The Balaban J connectivity index is 1.67.